The van der Waals surface area contributed by atoms with Gasteiger partial charge in [-0.05, 0) is 43.2 Å². The number of esters is 1. The van der Waals surface area contributed by atoms with Gasteiger partial charge in [0.1, 0.15) is 18.5 Å². The average molecular weight is 343 g/mol. The Morgan fingerprint density at radius 1 is 1.12 bits per heavy atom. The number of hydrogen-bond donors (Lipinski definition) is 2. The van der Waals surface area contributed by atoms with Gasteiger partial charge in [-0.25, -0.2) is 4.79 Å². The summed E-state index contributed by atoms with van der Waals surface area (Å²) in [5.74, 6) is 0.416. The number of methoxy groups -OCH3 is 1. The molecular formula is C20H25NO4. The van der Waals surface area contributed by atoms with Crippen molar-refractivity contribution in [3.63, 3.8) is 0 Å². The van der Waals surface area contributed by atoms with Crippen molar-refractivity contribution >= 4 is 5.97 Å². The van der Waals surface area contributed by atoms with Gasteiger partial charge < -0.3 is 19.9 Å². The third kappa shape index (κ3) is 6.57. The average Bonchev–Trinajstić information content (AvgIpc) is 2.65. The Labute approximate surface area is 148 Å². The molecule has 0 aliphatic rings. The largest absolute Gasteiger partial charge is 0.491 e. The number of benzene rings is 2. The van der Waals surface area contributed by atoms with E-state index in [4.69, 9.17) is 4.74 Å². The van der Waals surface area contributed by atoms with E-state index in [1.807, 2.05) is 42.5 Å². The minimum absolute atomic E-state index is 0.190. The van der Waals surface area contributed by atoms with Crippen LogP contribution in [0.1, 0.15) is 22.8 Å². The molecule has 0 saturated carbocycles. The van der Waals surface area contributed by atoms with Crippen LogP contribution in [-0.4, -0.2) is 43.5 Å². The van der Waals surface area contributed by atoms with Gasteiger partial charge in [-0.3, -0.25) is 0 Å². The minimum Gasteiger partial charge on any atom is -0.491 e. The molecule has 134 valence electrons. The zero-order chi connectivity index (χ0) is 18.1. The number of hydrogen-bond acceptors (Lipinski definition) is 5. The number of carbonyl (C=O) groups excluding carboxylic acids is 1. The summed E-state index contributed by atoms with van der Waals surface area (Å²) in [6.45, 7) is 2.75. The van der Waals surface area contributed by atoms with Gasteiger partial charge in [0.25, 0.3) is 0 Å². The lowest BCUT2D eigenvalue weighted by Gasteiger charge is -2.18. The Bertz CT molecular complexity index is 643. The van der Waals surface area contributed by atoms with Crippen LogP contribution in [0.15, 0.2) is 54.6 Å². The monoisotopic (exact) mass is 343 g/mol. The van der Waals surface area contributed by atoms with Crippen LogP contribution >= 0.6 is 0 Å². The zero-order valence-electron chi connectivity index (χ0n) is 14.6. The van der Waals surface area contributed by atoms with Gasteiger partial charge in [0, 0.05) is 12.6 Å². The maximum Gasteiger partial charge on any atom is 0.337 e. The van der Waals surface area contributed by atoms with E-state index < -0.39 is 6.10 Å². The molecule has 0 heterocycles. The van der Waals surface area contributed by atoms with E-state index in [1.54, 1.807) is 12.1 Å². The molecule has 2 atom stereocenters. The maximum absolute atomic E-state index is 11.4. The number of ether oxygens (including phenoxy) is 2. The Morgan fingerprint density at radius 2 is 1.80 bits per heavy atom. The first-order valence-corrected chi connectivity index (χ1v) is 8.35. The lowest BCUT2D eigenvalue weighted by atomic mass is 10.0. The summed E-state index contributed by atoms with van der Waals surface area (Å²) in [5, 5.41) is 13.3. The predicted molar refractivity (Wildman–Crippen MR) is 96.9 cm³/mol. The fraction of sp³-hybridized carbons (Fsp3) is 0.350. The molecule has 1 unspecified atom stereocenters. The van der Waals surface area contributed by atoms with E-state index in [0.717, 1.165) is 17.7 Å². The second-order valence-electron chi connectivity index (χ2n) is 5.98. The molecule has 0 aliphatic carbocycles. The summed E-state index contributed by atoms with van der Waals surface area (Å²) in [5.41, 5.74) is 1.66. The highest BCUT2D eigenvalue weighted by atomic mass is 16.5. The number of rotatable bonds is 9. The summed E-state index contributed by atoms with van der Waals surface area (Å²) in [6.07, 6.45) is 0.220. The number of para-hydroxylation sites is 1. The summed E-state index contributed by atoms with van der Waals surface area (Å²) >= 11 is 0. The van der Waals surface area contributed by atoms with Crippen LogP contribution in [0.25, 0.3) is 0 Å². The predicted octanol–water partition coefficient (Wildman–Crippen LogP) is 2.43. The van der Waals surface area contributed by atoms with E-state index in [9.17, 15) is 9.90 Å². The molecule has 0 fully saturated rings. The summed E-state index contributed by atoms with van der Waals surface area (Å²) in [4.78, 5) is 11.4. The minimum atomic E-state index is -0.579. The number of nitrogens with one attached hydrogen (secondary N) is 1. The van der Waals surface area contributed by atoms with Crippen molar-refractivity contribution in [2.45, 2.75) is 25.5 Å². The third-order valence-corrected chi connectivity index (χ3v) is 3.80. The standard InChI is InChI=1S/C20H25NO4/c1-15(12-16-8-10-17(11-9-16)20(23)24-2)21-13-18(22)14-25-19-6-4-3-5-7-19/h3-11,15,18,21-22H,12-14H2,1-2H3/t15-,18?/m1/s1. The molecule has 5 heteroatoms. The normalized spacial score (nSPS) is 13.1. The van der Waals surface area contributed by atoms with Gasteiger partial charge in [0.2, 0.25) is 0 Å². The van der Waals surface area contributed by atoms with E-state index >= 15 is 0 Å². The Hall–Kier alpha value is -2.37. The summed E-state index contributed by atoms with van der Waals surface area (Å²) in [6, 6.07) is 17.0. The molecule has 0 radical (unpaired) electrons. The van der Waals surface area contributed by atoms with Crippen LogP contribution in [-0.2, 0) is 11.2 Å². The molecule has 0 bridgehead atoms. The van der Waals surface area contributed by atoms with Crippen LogP contribution in [0.2, 0.25) is 0 Å². The number of aliphatic hydroxyl groups is 1. The fourth-order valence-corrected chi connectivity index (χ4v) is 2.43. The topological polar surface area (TPSA) is 67.8 Å². The third-order valence-electron chi connectivity index (χ3n) is 3.80. The molecule has 2 rings (SSSR count). The van der Waals surface area contributed by atoms with Gasteiger partial charge in [0.15, 0.2) is 0 Å². The van der Waals surface area contributed by atoms with Crippen LogP contribution in [0.3, 0.4) is 0 Å². The molecule has 0 amide bonds. The van der Waals surface area contributed by atoms with Gasteiger partial charge in [0.05, 0.1) is 12.7 Å². The lowest BCUT2D eigenvalue weighted by molar-refractivity contribution is 0.0600. The zero-order valence-corrected chi connectivity index (χ0v) is 14.6. The molecule has 0 spiro atoms. The molecule has 5 nitrogen and oxygen atoms in total. The van der Waals surface area contributed by atoms with Crippen molar-refractivity contribution in [2.75, 3.05) is 20.3 Å². The van der Waals surface area contributed by atoms with E-state index in [2.05, 4.69) is 17.0 Å². The highest BCUT2D eigenvalue weighted by Gasteiger charge is 2.10. The highest BCUT2D eigenvalue weighted by Crippen LogP contribution is 2.09. The second-order valence-corrected chi connectivity index (χ2v) is 5.98. The van der Waals surface area contributed by atoms with Crippen LogP contribution in [0.5, 0.6) is 5.75 Å². The Balaban J connectivity index is 1.70. The number of aliphatic hydroxyl groups excluding tert-OH is 1. The van der Waals surface area contributed by atoms with Crippen molar-refractivity contribution in [1.29, 1.82) is 0 Å². The van der Waals surface area contributed by atoms with Crippen molar-refractivity contribution in [2.24, 2.45) is 0 Å². The van der Waals surface area contributed by atoms with Crippen molar-refractivity contribution in [3.8, 4) is 5.75 Å². The van der Waals surface area contributed by atoms with Crippen LogP contribution in [0.4, 0.5) is 0 Å². The molecule has 0 saturated heterocycles. The first-order chi connectivity index (χ1) is 12.1. The smallest absolute Gasteiger partial charge is 0.337 e. The summed E-state index contributed by atoms with van der Waals surface area (Å²) in [7, 11) is 1.37. The van der Waals surface area contributed by atoms with Gasteiger partial charge in [-0.2, -0.15) is 0 Å². The SMILES string of the molecule is COC(=O)c1ccc(C[C@@H](C)NCC(O)COc2ccccc2)cc1. The molecule has 2 aromatic rings. The maximum atomic E-state index is 11.4. The van der Waals surface area contributed by atoms with Crippen LogP contribution in [0, 0.1) is 0 Å². The number of carbonyl (C=O) groups is 1. The molecule has 0 aliphatic heterocycles. The molecule has 0 aromatic heterocycles. The molecule has 25 heavy (non-hydrogen) atoms. The van der Waals surface area contributed by atoms with Gasteiger partial charge in [-0.1, -0.05) is 30.3 Å². The van der Waals surface area contributed by atoms with Gasteiger partial charge >= 0.3 is 5.97 Å². The molecule has 2 aromatic carbocycles. The molecular weight excluding hydrogens is 318 g/mol. The van der Waals surface area contributed by atoms with Crippen molar-refractivity contribution in [3.05, 3.63) is 65.7 Å². The van der Waals surface area contributed by atoms with Gasteiger partial charge in [-0.15, -0.1) is 0 Å². The van der Waals surface area contributed by atoms with Crippen LogP contribution < -0.4 is 10.1 Å². The van der Waals surface area contributed by atoms with E-state index in [0.29, 0.717) is 12.1 Å². The molecule has 2 N–H and O–H groups in total. The van der Waals surface area contributed by atoms with E-state index in [1.165, 1.54) is 7.11 Å². The fourth-order valence-electron chi connectivity index (χ4n) is 2.43. The quantitative estimate of drug-likeness (QED) is 0.685. The lowest BCUT2D eigenvalue weighted by Crippen LogP contribution is -2.37. The second kappa shape index (κ2) is 9.81. The van der Waals surface area contributed by atoms with E-state index in [-0.39, 0.29) is 18.6 Å². The Kier molecular flexibility index (Phi) is 7.44. The summed E-state index contributed by atoms with van der Waals surface area (Å²) < 4.78 is 10.2. The first kappa shape index (κ1) is 19.0. The van der Waals surface area contributed by atoms with Crippen molar-refractivity contribution in [1.82, 2.24) is 5.32 Å². The highest BCUT2D eigenvalue weighted by molar-refractivity contribution is 5.89. The first-order valence-electron chi connectivity index (χ1n) is 8.35. The Morgan fingerprint density at radius 3 is 2.44 bits per heavy atom. The van der Waals surface area contributed by atoms with Crippen molar-refractivity contribution < 1.29 is 19.4 Å².